The molecule has 0 spiro atoms. The number of aliphatic hydroxyl groups is 2. The second kappa shape index (κ2) is 5.90. The van der Waals surface area contributed by atoms with Crippen molar-refractivity contribution in [3.8, 4) is 0 Å². The van der Waals surface area contributed by atoms with Gasteiger partial charge < -0.3 is 21.3 Å². The SMILES string of the molecule is CC(C)C(N)C(=O)NC(CO)CO. The Hall–Kier alpha value is -0.650. The second-order valence-electron chi connectivity index (χ2n) is 3.34. The summed E-state index contributed by atoms with van der Waals surface area (Å²) >= 11 is 0. The van der Waals surface area contributed by atoms with Gasteiger partial charge in [-0.3, -0.25) is 4.79 Å². The fourth-order valence-electron chi connectivity index (χ4n) is 0.749. The molecule has 0 aromatic heterocycles. The first-order valence-corrected chi connectivity index (χ1v) is 4.30. The Morgan fingerprint density at radius 3 is 2.15 bits per heavy atom. The van der Waals surface area contributed by atoms with Crippen molar-refractivity contribution in [2.75, 3.05) is 13.2 Å². The molecule has 5 nitrogen and oxygen atoms in total. The minimum atomic E-state index is -0.614. The molecule has 0 bridgehead atoms. The maximum atomic E-state index is 11.3. The Labute approximate surface area is 77.9 Å². The summed E-state index contributed by atoms with van der Waals surface area (Å²) in [4.78, 5) is 11.3. The highest BCUT2D eigenvalue weighted by Gasteiger charge is 2.19. The van der Waals surface area contributed by atoms with E-state index in [-0.39, 0.29) is 25.0 Å². The molecule has 0 aliphatic heterocycles. The van der Waals surface area contributed by atoms with Crippen molar-refractivity contribution in [3.63, 3.8) is 0 Å². The Morgan fingerprint density at radius 1 is 1.38 bits per heavy atom. The number of rotatable bonds is 5. The van der Waals surface area contributed by atoms with E-state index in [0.717, 1.165) is 0 Å². The summed E-state index contributed by atoms with van der Waals surface area (Å²) in [5, 5.41) is 19.8. The zero-order valence-corrected chi connectivity index (χ0v) is 8.03. The Balaban J connectivity index is 3.98. The molecular weight excluding hydrogens is 172 g/mol. The number of hydrogen-bond donors (Lipinski definition) is 4. The lowest BCUT2D eigenvalue weighted by Gasteiger charge is -2.19. The number of aliphatic hydroxyl groups excluding tert-OH is 2. The van der Waals surface area contributed by atoms with Crippen LogP contribution in [-0.2, 0) is 4.79 Å². The molecule has 0 fully saturated rings. The van der Waals surface area contributed by atoms with Gasteiger partial charge in [-0.15, -0.1) is 0 Å². The summed E-state index contributed by atoms with van der Waals surface area (Å²) in [6, 6.07) is -1.21. The van der Waals surface area contributed by atoms with E-state index >= 15 is 0 Å². The highest BCUT2D eigenvalue weighted by molar-refractivity contribution is 5.82. The van der Waals surface area contributed by atoms with E-state index in [0.29, 0.717) is 0 Å². The maximum absolute atomic E-state index is 11.3. The van der Waals surface area contributed by atoms with Gasteiger partial charge in [0.25, 0.3) is 0 Å². The van der Waals surface area contributed by atoms with Crippen LogP contribution in [0.4, 0.5) is 0 Å². The second-order valence-corrected chi connectivity index (χ2v) is 3.34. The summed E-state index contributed by atoms with van der Waals surface area (Å²) < 4.78 is 0. The molecule has 13 heavy (non-hydrogen) atoms. The standard InChI is InChI=1S/C8H18N2O3/c1-5(2)7(9)8(13)10-6(3-11)4-12/h5-7,11-12H,3-4,9H2,1-2H3,(H,10,13). The molecule has 0 saturated heterocycles. The molecule has 0 heterocycles. The number of carbonyl (C=O) groups excluding carboxylic acids is 1. The highest BCUT2D eigenvalue weighted by Crippen LogP contribution is 1.98. The van der Waals surface area contributed by atoms with Crippen molar-refractivity contribution in [2.24, 2.45) is 11.7 Å². The van der Waals surface area contributed by atoms with Crippen molar-refractivity contribution in [1.82, 2.24) is 5.32 Å². The third-order valence-electron chi connectivity index (χ3n) is 1.81. The summed E-state index contributed by atoms with van der Waals surface area (Å²) in [7, 11) is 0. The van der Waals surface area contributed by atoms with Gasteiger partial charge in [-0.1, -0.05) is 13.8 Å². The maximum Gasteiger partial charge on any atom is 0.237 e. The van der Waals surface area contributed by atoms with Crippen LogP contribution < -0.4 is 11.1 Å². The van der Waals surface area contributed by atoms with Crippen LogP contribution in [0.1, 0.15) is 13.8 Å². The Morgan fingerprint density at radius 2 is 1.85 bits per heavy atom. The van der Waals surface area contributed by atoms with Gasteiger partial charge in [-0.2, -0.15) is 0 Å². The molecule has 0 rings (SSSR count). The molecule has 78 valence electrons. The summed E-state index contributed by atoms with van der Waals surface area (Å²) in [6.45, 7) is 3.09. The number of nitrogens with two attached hydrogens (primary N) is 1. The van der Waals surface area contributed by atoms with E-state index in [1.54, 1.807) is 0 Å². The van der Waals surface area contributed by atoms with E-state index in [1.165, 1.54) is 0 Å². The van der Waals surface area contributed by atoms with E-state index in [1.807, 2.05) is 13.8 Å². The molecule has 5 N–H and O–H groups in total. The fraction of sp³-hybridized carbons (Fsp3) is 0.875. The van der Waals surface area contributed by atoms with Gasteiger partial charge in [-0.25, -0.2) is 0 Å². The predicted octanol–water partition coefficient (Wildman–Crippen LogP) is -1.56. The first kappa shape index (κ1) is 12.3. The lowest BCUT2D eigenvalue weighted by atomic mass is 10.0. The largest absolute Gasteiger partial charge is 0.394 e. The highest BCUT2D eigenvalue weighted by atomic mass is 16.3. The van der Waals surface area contributed by atoms with Gasteiger partial charge in [0.15, 0.2) is 0 Å². The van der Waals surface area contributed by atoms with E-state index in [4.69, 9.17) is 15.9 Å². The summed E-state index contributed by atoms with van der Waals surface area (Å²) in [6.07, 6.45) is 0. The van der Waals surface area contributed by atoms with Crippen LogP contribution in [-0.4, -0.2) is 41.4 Å². The molecule has 1 unspecified atom stereocenters. The van der Waals surface area contributed by atoms with Crippen molar-refractivity contribution in [2.45, 2.75) is 25.9 Å². The molecular formula is C8H18N2O3. The average molecular weight is 190 g/mol. The quantitative estimate of drug-likeness (QED) is 0.421. The molecule has 0 radical (unpaired) electrons. The molecule has 0 aliphatic rings. The molecule has 0 aromatic rings. The van der Waals surface area contributed by atoms with Gasteiger partial charge in [0.1, 0.15) is 0 Å². The van der Waals surface area contributed by atoms with Gasteiger partial charge in [0.2, 0.25) is 5.91 Å². The van der Waals surface area contributed by atoms with Crippen LogP contribution in [0.5, 0.6) is 0 Å². The number of carbonyl (C=O) groups is 1. The minimum Gasteiger partial charge on any atom is -0.394 e. The first-order chi connectivity index (χ1) is 6.02. The van der Waals surface area contributed by atoms with Gasteiger partial charge in [0, 0.05) is 0 Å². The third kappa shape index (κ3) is 4.21. The van der Waals surface area contributed by atoms with Crippen LogP contribution >= 0.6 is 0 Å². The lowest BCUT2D eigenvalue weighted by molar-refractivity contribution is -0.124. The van der Waals surface area contributed by atoms with Crippen LogP contribution in [0.15, 0.2) is 0 Å². The topological polar surface area (TPSA) is 95.6 Å². The van der Waals surface area contributed by atoms with Crippen LogP contribution in [0, 0.1) is 5.92 Å². The van der Waals surface area contributed by atoms with Crippen LogP contribution in [0.3, 0.4) is 0 Å². The third-order valence-corrected chi connectivity index (χ3v) is 1.81. The zero-order chi connectivity index (χ0) is 10.4. The summed E-state index contributed by atoms with van der Waals surface area (Å²) in [5.41, 5.74) is 5.54. The number of hydrogen-bond acceptors (Lipinski definition) is 4. The predicted molar refractivity (Wildman–Crippen MR) is 48.9 cm³/mol. The van der Waals surface area contributed by atoms with Gasteiger partial charge in [0.05, 0.1) is 25.3 Å². The summed E-state index contributed by atoms with van der Waals surface area (Å²) in [5.74, 6) is -0.305. The lowest BCUT2D eigenvalue weighted by Crippen LogP contribution is -2.50. The van der Waals surface area contributed by atoms with Crippen LogP contribution in [0.25, 0.3) is 0 Å². The zero-order valence-electron chi connectivity index (χ0n) is 8.03. The van der Waals surface area contributed by atoms with Gasteiger partial charge >= 0.3 is 0 Å². The molecule has 1 atom stereocenters. The van der Waals surface area contributed by atoms with Crippen molar-refractivity contribution < 1.29 is 15.0 Å². The van der Waals surface area contributed by atoms with Crippen LogP contribution in [0.2, 0.25) is 0 Å². The number of amides is 1. The molecule has 0 saturated carbocycles. The first-order valence-electron chi connectivity index (χ1n) is 4.30. The molecule has 5 heteroatoms. The smallest absolute Gasteiger partial charge is 0.237 e. The molecule has 0 aliphatic carbocycles. The van der Waals surface area contributed by atoms with E-state index < -0.39 is 12.1 Å². The average Bonchev–Trinajstić information content (AvgIpc) is 2.12. The normalized spacial score (nSPS) is 13.5. The minimum absolute atomic E-state index is 0.0398. The fourth-order valence-corrected chi connectivity index (χ4v) is 0.749. The number of nitrogens with one attached hydrogen (secondary N) is 1. The van der Waals surface area contributed by atoms with Crippen molar-refractivity contribution in [1.29, 1.82) is 0 Å². The molecule has 1 amide bonds. The monoisotopic (exact) mass is 190 g/mol. The van der Waals surface area contributed by atoms with Crippen molar-refractivity contribution in [3.05, 3.63) is 0 Å². The molecule has 0 aromatic carbocycles. The van der Waals surface area contributed by atoms with Gasteiger partial charge in [-0.05, 0) is 5.92 Å². The van der Waals surface area contributed by atoms with E-state index in [9.17, 15) is 4.79 Å². The van der Waals surface area contributed by atoms with E-state index in [2.05, 4.69) is 5.32 Å². The Bertz CT molecular complexity index is 157. The van der Waals surface area contributed by atoms with Crippen molar-refractivity contribution >= 4 is 5.91 Å². The Kier molecular flexibility index (Phi) is 5.61.